The zero-order chi connectivity index (χ0) is 16.5. The molecule has 3 heteroatoms. The van der Waals surface area contributed by atoms with Crippen LogP contribution < -0.4 is 10.1 Å². The van der Waals surface area contributed by atoms with E-state index in [-0.39, 0.29) is 11.9 Å². The minimum Gasteiger partial charge on any atom is -0.497 e. The first-order chi connectivity index (χ1) is 11.2. The summed E-state index contributed by atoms with van der Waals surface area (Å²) < 4.78 is 5.20. The smallest absolute Gasteiger partial charge is 0.244 e. The maximum atomic E-state index is 12.1. The number of amides is 1. The maximum Gasteiger partial charge on any atom is 0.244 e. The highest BCUT2D eigenvalue weighted by atomic mass is 16.5. The summed E-state index contributed by atoms with van der Waals surface area (Å²) in [5.74, 6) is 0.660. The van der Waals surface area contributed by atoms with Crippen molar-refractivity contribution in [1.29, 1.82) is 0 Å². The largest absolute Gasteiger partial charge is 0.497 e. The van der Waals surface area contributed by atoms with Crippen LogP contribution >= 0.6 is 0 Å². The van der Waals surface area contributed by atoms with Crippen LogP contribution in [0.25, 0.3) is 0 Å². The molecule has 0 aliphatic carbocycles. The fraction of sp³-hybridized carbons (Fsp3) is 0.150. The molecule has 0 fully saturated rings. The summed E-state index contributed by atoms with van der Waals surface area (Å²) in [6, 6.07) is 17.4. The van der Waals surface area contributed by atoms with E-state index < -0.39 is 0 Å². The number of hydrogen-bond donors (Lipinski definition) is 1. The molecule has 2 aromatic rings. The van der Waals surface area contributed by atoms with E-state index in [9.17, 15) is 4.79 Å². The number of allylic oxidation sites excluding steroid dienone is 3. The quantitative estimate of drug-likeness (QED) is 0.646. The van der Waals surface area contributed by atoms with Gasteiger partial charge in [0.15, 0.2) is 0 Å². The highest BCUT2D eigenvalue weighted by molar-refractivity contribution is 5.88. The van der Waals surface area contributed by atoms with Gasteiger partial charge < -0.3 is 10.1 Å². The van der Waals surface area contributed by atoms with Gasteiger partial charge in [-0.1, -0.05) is 60.7 Å². The Morgan fingerprint density at radius 1 is 1.00 bits per heavy atom. The third-order valence-electron chi connectivity index (χ3n) is 3.42. The topological polar surface area (TPSA) is 38.3 Å². The predicted molar refractivity (Wildman–Crippen MR) is 93.4 cm³/mol. The second-order valence-electron chi connectivity index (χ2n) is 5.01. The second kappa shape index (κ2) is 8.59. The van der Waals surface area contributed by atoms with Crippen LogP contribution in [0.15, 0.2) is 78.9 Å². The normalized spacial score (nSPS) is 12.4. The van der Waals surface area contributed by atoms with Gasteiger partial charge in [-0.2, -0.15) is 0 Å². The van der Waals surface area contributed by atoms with Crippen molar-refractivity contribution in [2.24, 2.45) is 0 Å². The number of carbonyl (C=O) groups is 1. The average molecular weight is 307 g/mol. The summed E-state index contributed by atoms with van der Waals surface area (Å²) in [4.78, 5) is 12.1. The molecule has 0 saturated heterocycles. The third kappa shape index (κ3) is 4.85. The lowest BCUT2D eigenvalue weighted by molar-refractivity contribution is -0.117. The van der Waals surface area contributed by atoms with Gasteiger partial charge in [-0.15, -0.1) is 0 Å². The van der Waals surface area contributed by atoms with Crippen molar-refractivity contribution in [3.05, 3.63) is 90.0 Å². The number of benzene rings is 2. The van der Waals surface area contributed by atoms with E-state index in [1.165, 1.54) is 6.08 Å². The van der Waals surface area contributed by atoms with Crippen molar-refractivity contribution >= 4 is 5.91 Å². The third-order valence-corrected chi connectivity index (χ3v) is 3.42. The summed E-state index contributed by atoms with van der Waals surface area (Å²) in [6.07, 6.45) is 6.96. The Labute approximate surface area is 137 Å². The Bertz CT molecular complexity index is 673. The second-order valence-corrected chi connectivity index (χ2v) is 5.01. The van der Waals surface area contributed by atoms with E-state index in [1.807, 2.05) is 73.7 Å². The Morgan fingerprint density at radius 2 is 1.65 bits per heavy atom. The van der Waals surface area contributed by atoms with Gasteiger partial charge in [0, 0.05) is 6.08 Å². The zero-order valence-electron chi connectivity index (χ0n) is 13.4. The molecule has 0 heterocycles. The van der Waals surface area contributed by atoms with E-state index in [4.69, 9.17) is 4.74 Å². The first-order valence-corrected chi connectivity index (χ1v) is 7.53. The van der Waals surface area contributed by atoms with Crippen molar-refractivity contribution in [2.45, 2.75) is 13.0 Å². The molecule has 1 atom stereocenters. The van der Waals surface area contributed by atoms with Crippen LogP contribution in [0.5, 0.6) is 5.75 Å². The van der Waals surface area contributed by atoms with Gasteiger partial charge in [-0.25, -0.2) is 0 Å². The van der Waals surface area contributed by atoms with E-state index >= 15 is 0 Å². The zero-order valence-corrected chi connectivity index (χ0v) is 13.4. The van der Waals surface area contributed by atoms with Crippen LogP contribution in [0.1, 0.15) is 24.1 Å². The van der Waals surface area contributed by atoms with E-state index in [2.05, 4.69) is 5.32 Å². The lowest BCUT2D eigenvalue weighted by Crippen LogP contribution is -2.27. The number of carbonyl (C=O) groups excluding carboxylic acids is 1. The molecule has 0 spiro atoms. The summed E-state index contributed by atoms with van der Waals surface area (Å²) in [6.45, 7) is 1.91. The Balaban J connectivity index is 2.26. The molecule has 3 nitrogen and oxygen atoms in total. The Hall–Kier alpha value is -2.81. The highest BCUT2D eigenvalue weighted by Crippen LogP contribution is 2.24. The van der Waals surface area contributed by atoms with Gasteiger partial charge in [-0.3, -0.25) is 4.79 Å². The molecule has 0 radical (unpaired) electrons. The lowest BCUT2D eigenvalue weighted by Gasteiger charge is -2.19. The first-order valence-electron chi connectivity index (χ1n) is 7.53. The van der Waals surface area contributed by atoms with Crippen LogP contribution in [0, 0.1) is 0 Å². The fourth-order valence-corrected chi connectivity index (χ4v) is 2.25. The SMILES string of the molecule is C/C=C/C=C/C(=O)NC(c1ccccc1)c1ccc(OC)cc1. The molecule has 0 aliphatic rings. The number of hydrogen-bond acceptors (Lipinski definition) is 2. The van der Waals surface area contributed by atoms with Crippen molar-refractivity contribution in [1.82, 2.24) is 5.32 Å². The molecule has 0 bridgehead atoms. The molecule has 2 aromatic carbocycles. The number of nitrogens with one attached hydrogen (secondary N) is 1. The minimum absolute atomic E-state index is 0.132. The van der Waals surface area contributed by atoms with Crippen LogP contribution in [-0.4, -0.2) is 13.0 Å². The molecule has 0 aliphatic heterocycles. The number of ether oxygens (including phenoxy) is 1. The molecular weight excluding hydrogens is 286 g/mol. The standard InChI is InChI=1S/C20H21NO2/c1-3-4-6-11-19(22)21-20(16-9-7-5-8-10-16)17-12-14-18(23-2)15-13-17/h3-15,20H,1-2H3,(H,21,22)/b4-3+,11-6+. The fourth-order valence-electron chi connectivity index (χ4n) is 2.25. The molecule has 1 amide bonds. The molecule has 1 N–H and O–H groups in total. The van der Waals surface area contributed by atoms with Gasteiger partial charge in [0.25, 0.3) is 0 Å². The first kappa shape index (κ1) is 16.6. The molecule has 0 saturated carbocycles. The minimum atomic E-state index is -0.204. The van der Waals surface area contributed by atoms with Crippen molar-refractivity contribution < 1.29 is 9.53 Å². The predicted octanol–water partition coefficient (Wildman–Crippen LogP) is 4.03. The molecule has 1 unspecified atom stereocenters. The molecule has 0 aromatic heterocycles. The molecule has 2 rings (SSSR count). The lowest BCUT2D eigenvalue weighted by atomic mass is 9.98. The average Bonchev–Trinajstić information content (AvgIpc) is 2.61. The molecule has 23 heavy (non-hydrogen) atoms. The maximum absolute atomic E-state index is 12.1. The van der Waals surface area contributed by atoms with E-state index in [0.717, 1.165) is 16.9 Å². The van der Waals surface area contributed by atoms with Crippen LogP contribution in [0.3, 0.4) is 0 Å². The van der Waals surface area contributed by atoms with Gasteiger partial charge in [-0.05, 0) is 30.2 Å². The Kier molecular flexibility index (Phi) is 6.18. The summed E-state index contributed by atoms with van der Waals surface area (Å²) >= 11 is 0. The van der Waals surface area contributed by atoms with E-state index in [1.54, 1.807) is 13.2 Å². The highest BCUT2D eigenvalue weighted by Gasteiger charge is 2.15. The number of methoxy groups -OCH3 is 1. The number of rotatable bonds is 6. The van der Waals surface area contributed by atoms with E-state index in [0.29, 0.717) is 0 Å². The monoisotopic (exact) mass is 307 g/mol. The summed E-state index contributed by atoms with van der Waals surface area (Å²) in [7, 11) is 1.64. The summed E-state index contributed by atoms with van der Waals surface area (Å²) in [5, 5.41) is 3.05. The van der Waals surface area contributed by atoms with Crippen LogP contribution in [-0.2, 0) is 4.79 Å². The Morgan fingerprint density at radius 3 is 2.26 bits per heavy atom. The van der Waals surface area contributed by atoms with Gasteiger partial charge in [0.1, 0.15) is 5.75 Å². The van der Waals surface area contributed by atoms with Crippen molar-refractivity contribution in [3.63, 3.8) is 0 Å². The van der Waals surface area contributed by atoms with Crippen LogP contribution in [0.4, 0.5) is 0 Å². The molecule has 118 valence electrons. The van der Waals surface area contributed by atoms with Crippen LogP contribution in [0.2, 0.25) is 0 Å². The van der Waals surface area contributed by atoms with Gasteiger partial charge >= 0.3 is 0 Å². The van der Waals surface area contributed by atoms with Gasteiger partial charge in [0.05, 0.1) is 13.2 Å². The molecular formula is C20H21NO2. The van der Waals surface area contributed by atoms with Crippen molar-refractivity contribution in [2.75, 3.05) is 7.11 Å². The summed E-state index contributed by atoms with van der Waals surface area (Å²) in [5.41, 5.74) is 2.04. The van der Waals surface area contributed by atoms with Gasteiger partial charge in [0.2, 0.25) is 5.91 Å². The van der Waals surface area contributed by atoms with Crippen molar-refractivity contribution in [3.8, 4) is 5.75 Å².